The topological polar surface area (TPSA) is 39.1 Å². The van der Waals surface area contributed by atoms with Crippen molar-refractivity contribution in [3.63, 3.8) is 0 Å². The zero-order chi connectivity index (χ0) is 12.6. The van der Waals surface area contributed by atoms with E-state index in [0.717, 1.165) is 11.3 Å². The van der Waals surface area contributed by atoms with Crippen molar-refractivity contribution >= 4 is 0 Å². The fourth-order valence-electron chi connectivity index (χ4n) is 1.26. The average Bonchev–Trinajstić information content (AvgIpc) is 2.33. The maximum Gasteiger partial charge on any atom is 1.00 e. The molecule has 0 aliphatic carbocycles. The number of hydrogen-bond donors (Lipinski definition) is 1. The number of likely N-dealkylation sites (N-methyl/N-ethyl adjacent to an activating group) is 1. The second-order valence-electron chi connectivity index (χ2n) is 3.37. The molecule has 0 aliphatic rings. The van der Waals surface area contributed by atoms with Crippen LogP contribution in [-0.4, -0.2) is 19.0 Å². The van der Waals surface area contributed by atoms with Crippen LogP contribution in [0.5, 0.6) is 0 Å². The summed E-state index contributed by atoms with van der Waals surface area (Å²) in [5.74, 6) is 7.28. The van der Waals surface area contributed by atoms with Crippen molar-refractivity contribution in [2.45, 2.75) is 6.04 Å². The molecule has 1 aromatic rings. The molecule has 17 heavy (non-hydrogen) atoms. The number of nitrogens with zero attached hydrogens (tertiary/aromatic N) is 1. The van der Waals surface area contributed by atoms with Crippen LogP contribution in [0.3, 0.4) is 0 Å². The quantitative estimate of drug-likeness (QED) is 0.474. The van der Waals surface area contributed by atoms with Gasteiger partial charge in [0, 0.05) is 19.8 Å². The minimum atomic E-state index is -0.133. The van der Waals surface area contributed by atoms with Crippen LogP contribution in [-0.2, 0) is 0 Å². The predicted octanol–water partition coefficient (Wildman–Crippen LogP) is 0.166. The molecule has 0 saturated heterocycles. The third kappa shape index (κ3) is 6.52. The molecular formula is C13H20KN3. The standard InChI is InChI=1S/C11H16N3.C2H4.K/c1-9(14(2)3)11(13-12)10-7-5-4-6-8-10;1-2;/h4-8,11-13H,1H2,2-3H3;1-2H2;/q-1;;+1/t11-;;/m1../s1. The Hall–Kier alpha value is 0.0564. The molecule has 0 spiro atoms. The summed E-state index contributed by atoms with van der Waals surface area (Å²) >= 11 is 0. The summed E-state index contributed by atoms with van der Waals surface area (Å²) in [6.45, 7) is 9.95. The molecule has 0 heterocycles. The molecule has 0 radical (unpaired) electrons. The molecule has 0 saturated carbocycles. The summed E-state index contributed by atoms with van der Waals surface area (Å²) in [6.07, 6.45) is 0. The van der Waals surface area contributed by atoms with E-state index in [2.05, 4.69) is 25.2 Å². The van der Waals surface area contributed by atoms with E-state index in [1.165, 1.54) is 0 Å². The monoisotopic (exact) mass is 257 g/mol. The van der Waals surface area contributed by atoms with Crippen molar-refractivity contribution in [3.05, 3.63) is 67.2 Å². The number of nitrogens with one attached hydrogen (secondary N) is 2. The Bertz CT molecular complexity index is 312. The van der Waals surface area contributed by atoms with E-state index in [-0.39, 0.29) is 57.4 Å². The van der Waals surface area contributed by atoms with Gasteiger partial charge in [-0.05, 0) is 5.56 Å². The Labute approximate surface area is 147 Å². The van der Waals surface area contributed by atoms with Crippen LogP contribution in [0.4, 0.5) is 0 Å². The van der Waals surface area contributed by atoms with Gasteiger partial charge in [0.2, 0.25) is 0 Å². The van der Waals surface area contributed by atoms with E-state index in [4.69, 9.17) is 5.84 Å². The van der Waals surface area contributed by atoms with E-state index in [1.54, 1.807) is 0 Å². The van der Waals surface area contributed by atoms with E-state index >= 15 is 0 Å². The molecule has 0 unspecified atom stereocenters. The van der Waals surface area contributed by atoms with Crippen LogP contribution >= 0.6 is 0 Å². The summed E-state index contributed by atoms with van der Waals surface area (Å²) in [4.78, 5) is 1.92. The van der Waals surface area contributed by atoms with Gasteiger partial charge >= 0.3 is 51.4 Å². The summed E-state index contributed by atoms with van der Waals surface area (Å²) in [5.41, 5.74) is 4.45. The first-order valence-corrected chi connectivity index (χ1v) is 5.00. The molecule has 3 nitrogen and oxygen atoms in total. The van der Waals surface area contributed by atoms with Gasteiger partial charge in [0.25, 0.3) is 0 Å². The van der Waals surface area contributed by atoms with Crippen LogP contribution in [0.25, 0.3) is 5.84 Å². The maximum absolute atomic E-state index is 7.28. The number of benzene rings is 1. The third-order valence-electron chi connectivity index (χ3n) is 2.18. The van der Waals surface area contributed by atoms with Gasteiger partial charge in [-0.3, -0.25) is 0 Å². The van der Waals surface area contributed by atoms with Crippen LogP contribution in [0.1, 0.15) is 11.6 Å². The van der Waals surface area contributed by atoms with Gasteiger partial charge in [-0.15, -0.1) is 13.2 Å². The summed E-state index contributed by atoms with van der Waals surface area (Å²) in [7, 11) is 3.85. The molecule has 0 aromatic heterocycles. The Morgan fingerprint density at radius 2 is 1.71 bits per heavy atom. The molecule has 0 bridgehead atoms. The average molecular weight is 257 g/mol. The summed E-state index contributed by atoms with van der Waals surface area (Å²) in [5, 5.41) is 0. The molecule has 0 fully saturated rings. The molecule has 2 N–H and O–H groups in total. The zero-order valence-corrected chi connectivity index (χ0v) is 14.2. The van der Waals surface area contributed by atoms with E-state index in [1.807, 2.05) is 49.3 Å². The first-order chi connectivity index (χ1) is 7.66. The van der Waals surface area contributed by atoms with Gasteiger partial charge in [0.1, 0.15) is 0 Å². The third-order valence-corrected chi connectivity index (χ3v) is 2.18. The molecule has 0 amide bonds. The van der Waals surface area contributed by atoms with Gasteiger partial charge < -0.3 is 16.2 Å². The SMILES string of the molecule is C=C.C=C([C@@H](N[NH-])c1ccccc1)N(C)C.[K+]. The van der Waals surface area contributed by atoms with Crippen molar-refractivity contribution in [3.8, 4) is 0 Å². The fourth-order valence-corrected chi connectivity index (χ4v) is 1.26. The number of hydrogen-bond acceptors (Lipinski definition) is 2. The van der Waals surface area contributed by atoms with Crippen molar-refractivity contribution in [2.24, 2.45) is 0 Å². The Kier molecular flexibility index (Phi) is 12.7. The van der Waals surface area contributed by atoms with Crippen molar-refractivity contribution in [2.75, 3.05) is 14.1 Å². The van der Waals surface area contributed by atoms with Gasteiger partial charge in [-0.1, -0.05) is 36.9 Å². The minimum Gasteiger partial charge on any atom is -0.612 e. The normalized spacial score (nSPS) is 10.3. The summed E-state index contributed by atoms with van der Waals surface area (Å²) < 4.78 is 0. The first kappa shape index (κ1) is 19.4. The van der Waals surface area contributed by atoms with Gasteiger partial charge in [-0.2, -0.15) is 0 Å². The molecular weight excluding hydrogens is 237 g/mol. The van der Waals surface area contributed by atoms with E-state index < -0.39 is 0 Å². The molecule has 88 valence electrons. The van der Waals surface area contributed by atoms with Gasteiger partial charge in [0.15, 0.2) is 0 Å². The first-order valence-electron chi connectivity index (χ1n) is 5.00. The van der Waals surface area contributed by atoms with Gasteiger partial charge in [0.05, 0.1) is 6.04 Å². The molecule has 0 aliphatic heterocycles. The van der Waals surface area contributed by atoms with Crippen LogP contribution in [0.2, 0.25) is 0 Å². The smallest absolute Gasteiger partial charge is 0.612 e. The van der Waals surface area contributed by atoms with Crippen molar-refractivity contribution in [1.29, 1.82) is 0 Å². The molecule has 1 aromatic carbocycles. The minimum absolute atomic E-state index is 0. The van der Waals surface area contributed by atoms with Gasteiger partial charge in [-0.25, -0.2) is 0 Å². The number of rotatable bonds is 4. The van der Waals surface area contributed by atoms with E-state index in [0.29, 0.717) is 0 Å². The van der Waals surface area contributed by atoms with Crippen molar-refractivity contribution in [1.82, 2.24) is 10.3 Å². The van der Waals surface area contributed by atoms with Crippen LogP contribution in [0, 0.1) is 0 Å². The second-order valence-corrected chi connectivity index (χ2v) is 3.37. The van der Waals surface area contributed by atoms with Crippen LogP contribution in [0.15, 0.2) is 55.8 Å². The largest absolute Gasteiger partial charge is 1.00 e. The Balaban J connectivity index is 0. The maximum atomic E-state index is 7.28. The molecule has 1 rings (SSSR count). The molecule has 1 atom stereocenters. The Morgan fingerprint density at radius 1 is 1.24 bits per heavy atom. The zero-order valence-electron chi connectivity index (χ0n) is 11.0. The van der Waals surface area contributed by atoms with Crippen molar-refractivity contribution < 1.29 is 51.4 Å². The van der Waals surface area contributed by atoms with Crippen LogP contribution < -0.4 is 56.8 Å². The second kappa shape index (κ2) is 11.2. The summed E-state index contributed by atoms with van der Waals surface area (Å²) in [6, 6.07) is 9.72. The Morgan fingerprint density at radius 3 is 2.06 bits per heavy atom. The predicted molar refractivity (Wildman–Crippen MR) is 70.7 cm³/mol. The molecule has 4 heteroatoms. The fraction of sp³-hybridized carbons (Fsp3) is 0.231. The van der Waals surface area contributed by atoms with E-state index in [9.17, 15) is 0 Å².